The molecular formula is C23H28N2O5. The highest BCUT2D eigenvalue weighted by atomic mass is 16.5. The zero-order chi connectivity index (χ0) is 22.3. The van der Waals surface area contributed by atoms with E-state index in [1.165, 1.54) is 14.0 Å². The molecule has 7 heteroatoms. The highest BCUT2D eigenvalue weighted by molar-refractivity contribution is 5.98. The van der Waals surface area contributed by atoms with Crippen LogP contribution in [0.15, 0.2) is 48.5 Å². The van der Waals surface area contributed by atoms with Gasteiger partial charge in [0.25, 0.3) is 11.8 Å². The lowest BCUT2D eigenvalue weighted by Crippen LogP contribution is -2.47. The third kappa shape index (κ3) is 6.34. The third-order valence-electron chi connectivity index (χ3n) is 4.51. The van der Waals surface area contributed by atoms with Gasteiger partial charge in [-0.05, 0) is 61.7 Å². The standard InChI is InChI=1S/C23H28N2O5/c1-14(2)20(25-22(27)17-9-11-19(29-5)12-10-17)23(28)30-16(4)21(26)24-18-8-6-7-15(3)13-18/h6-14,16,20H,1-5H3,(H,24,26)(H,25,27)/t16-,20+/m1/s1. The van der Waals surface area contributed by atoms with E-state index in [0.29, 0.717) is 17.0 Å². The highest BCUT2D eigenvalue weighted by Crippen LogP contribution is 2.14. The second kappa shape index (κ2) is 10.4. The number of nitrogens with one attached hydrogen (secondary N) is 2. The molecule has 2 rings (SSSR count). The van der Waals surface area contributed by atoms with Gasteiger partial charge in [0, 0.05) is 11.3 Å². The first kappa shape index (κ1) is 22.9. The van der Waals surface area contributed by atoms with Crippen LogP contribution in [0.4, 0.5) is 5.69 Å². The molecule has 0 saturated carbocycles. The fourth-order valence-electron chi connectivity index (χ4n) is 2.73. The number of esters is 1. The largest absolute Gasteiger partial charge is 0.497 e. The third-order valence-corrected chi connectivity index (χ3v) is 4.51. The summed E-state index contributed by atoms with van der Waals surface area (Å²) in [6.07, 6.45) is -1.02. The molecule has 2 amide bonds. The van der Waals surface area contributed by atoms with Crippen molar-refractivity contribution in [3.8, 4) is 5.75 Å². The van der Waals surface area contributed by atoms with E-state index < -0.39 is 29.9 Å². The van der Waals surface area contributed by atoms with Gasteiger partial charge < -0.3 is 20.1 Å². The van der Waals surface area contributed by atoms with Crippen LogP contribution in [0.1, 0.15) is 36.7 Å². The predicted octanol–water partition coefficient (Wildman–Crippen LogP) is 3.33. The number of carbonyl (C=O) groups excluding carboxylic acids is 3. The van der Waals surface area contributed by atoms with E-state index in [1.54, 1.807) is 44.2 Å². The Morgan fingerprint density at radius 3 is 2.20 bits per heavy atom. The summed E-state index contributed by atoms with van der Waals surface area (Å²) in [7, 11) is 1.54. The normalized spacial score (nSPS) is 12.6. The van der Waals surface area contributed by atoms with E-state index in [1.807, 2.05) is 25.1 Å². The molecule has 0 heterocycles. The van der Waals surface area contributed by atoms with Gasteiger partial charge in [-0.25, -0.2) is 4.79 Å². The quantitative estimate of drug-likeness (QED) is 0.649. The first-order chi connectivity index (χ1) is 14.2. The minimum absolute atomic E-state index is 0.230. The monoisotopic (exact) mass is 412 g/mol. The number of hydrogen-bond donors (Lipinski definition) is 2. The van der Waals surface area contributed by atoms with Crippen molar-refractivity contribution in [3.63, 3.8) is 0 Å². The zero-order valence-electron chi connectivity index (χ0n) is 17.9. The van der Waals surface area contributed by atoms with Crippen LogP contribution in [0.2, 0.25) is 0 Å². The number of methoxy groups -OCH3 is 1. The Bertz CT molecular complexity index is 893. The van der Waals surface area contributed by atoms with Gasteiger partial charge in [0.15, 0.2) is 6.10 Å². The summed E-state index contributed by atoms with van der Waals surface area (Å²) in [5.41, 5.74) is 2.01. The number of anilines is 1. The second-order valence-electron chi connectivity index (χ2n) is 7.36. The van der Waals surface area contributed by atoms with Crippen LogP contribution >= 0.6 is 0 Å². The van der Waals surface area contributed by atoms with Crippen molar-refractivity contribution in [3.05, 3.63) is 59.7 Å². The van der Waals surface area contributed by atoms with Crippen molar-refractivity contribution in [2.45, 2.75) is 39.8 Å². The molecule has 30 heavy (non-hydrogen) atoms. The summed E-state index contributed by atoms with van der Waals surface area (Å²) >= 11 is 0. The maximum Gasteiger partial charge on any atom is 0.329 e. The molecule has 7 nitrogen and oxygen atoms in total. The Labute approximate surface area is 176 Å². The molecule has 2 aromatic rings. The molecule has 2 atom stereocenters. The Kier molecular flexibility index (Phi) is 7.98. The van der Waals surface area contributed by atoms with Gasteiger partial charge in [0.05, 0.1) is 7.11 Å². The maximum atomic E-state index is 12.6. The molecule has 2 N–H and O–H groups in total. The van der Waals surface area contributed by atoms with Crippen LogP contribution < -0.4 is 15.4 Å². The van der Waals surface area contributed by atoms with Crippen LogP contribution in [0.5, 0.6) is 5.75 Å². The lowest BCUT2D eigenvalue weighted by atomic mass is 10.0. The fourth-order valence-corrected chi connectivity index (χ4v) is 2.73. The average Bonchev–Trinajstić information content (AvgIpc) is 2.71. The van der Waals surface area contributed by atoms with E-state index >= 15 is 0 Å². The summed E-state index contributed by atoms with van der Waals surface area (Å²) in [5, 5.41) is 5.40. The molecule has 0 aliphatic heterocycles. The van der Waals surface area contributed by atoms with Crippen LogP contribution in [0.25, 0.3) is 0 Å². The van der Waals surface area contributed by atoms with Crippen molar-refractivity contribution < 1.29 is 23.9 Å². The van der Waals surface area contributed by atoms with Gasteiger partial charge in [-0.3, -0.25) is 9.59 Å². The molecule has 0 saturated heterocycles. The molecule has 0 fully saturated rings. The summed E-state index contributed by atoms with van der Waals surface area (Å²) in [6, 6.07) is 13.0. The van der Waals surface area contributed by atoms with Crippen molar-refractivity contribution in [2.24, 2.45) is 5.92 Å². The molecule has 0 aromatic heterocycles. The number of rotatable bonds is 8. The van der Waals surface area contributed by atoms with Crippen LogP contribution in [-0.4, -0.2) is 37.0 Å². The van der Waals surface area contributed by atoms with Crippen molar-refractivity contribution >= 4 is 23.5 Å². The Balaban J connectivity index is 1.99. The molecule has 2 aromatic carbocycles. The minimum atomic E-state index is -1.02. The van der Waals surface area contributed by atoms with Gasteiger partial charge in [0.2, 0.25) is 0 Å². The van der Waals surface area contributed by atoms with E-state index in [0.717, 1.165) is 5.56 Å². The van der Waals surface area contributed by atoms with Crippen LogP contribution in [-0.2, 0) is 14.3 Å². The molecule has 0 bridgehead atoms. The number of carbonyl (C=O) groups is 3. The highest BCUT2D eigenvalue weighted by Gasteiger charge is 2.29. The van der Waals surface area contributed by atoms with Gasteiger partial charge in [0.1, 0.15) is 11.8 Å². The maximum absolute atomic E-state index is 12.6. The molecule has 0 unspecified atom stereocenters. The summed E-state index contributed by atoms with van der Waals surface area (Å²) in [4.78, 5) is 37.5. The van der Waals surface area contributed by atoms with Crippen LogP contribution in [0.3, 0.4) is 0 Å². The molecule has 0 spiro atoms. The summed E-state index contributed by atoms with van der Waals surface area (Å²) < 4.78 is 10.4. The van der Waals surface area contributed by atoms with Gasteiger partial charge >= 0.3 is 5.97 Å². The van der Waals surface area contributed by atoms with E-state index in [-0.39, 0.29) is 5.92 Å². The van der Waals surface area contributed by atoms with E-state index in [2.05, 4.69) is 10.6 Å². The van der Waals surface area contributed by atoms with Gasteiger partial charge in [-0.1, -0.05) is 26.0 Å². The molecule has 0 aliphatic rings. The first-order valence-electron chi connectivity index (χ1n) is 9.74. The minimum Gasteiger partial charge on any atom is -0.497 e. The number of hydrogen-bond acceptors (Lipinski definition) is 5. The van der Waals surface area contributed by atoms with E-state index in [9.17, 15) is 14.4 Å². The predicted molar refractivity (Wildman–Crippen MR) is 114 cm³/mol. The summed E-state index contributed by atoms with van der Waals surface area (Å²) in [6.45, 7) is 6.99. The molecule has 160 valence electrons. The fraction of sp³-hybridized carbons (Fsp3) is 0.348. The topological polar surface area (TPSA) is 93.7 Å². The number of benzene rings is 2. The lowest BCUT2D eigenvalue weighted by Gasteiger charge is -2.23. The number of ether oxygens (including phenoxy) is 2. The smallest absolute Gasteiger partial charge is 0.329 e. The van der Waals surface area contributed by atoms with Crippen molar-refractivity contribution in [1.29, 1.82) is 0 Å². The zero-order valence-corrected chi connectivity index (χ0v) is 17.9. The van der Waals surface area contributed by atoms with Crippen molar-refractivity contribution in [2.75, 3.05) is 12.4 Å². The first-order valence-corrected chi connectivity index (χ1v) is 9.74. The lowest BCUT2D eigenvalue weighted by molar-refractivity contribution is -0.156. The van der Waals surface area contributed by atoms with E-state index in [4.69, 9.17) is 9.47 Å². The Hall–Kier alpha value is -3.35. The van der Waals surface area contributed by atoms with Gasteiger partial charge in [-0.15, -0.1) is 0 Å². The average molecular weight is 412 g/mol. The SMILES string of the molecule is COc1ccc(C(=O)N[C@H](C(=O)O[C@H](C)C(=O)Nc2cccc(C)c2)C(C)C)cc1. The Morgan fingerprint density at radius 2 is 1.63 bits per heavy atom. The Morgan fingerprint density at radius 1 is 0.967 bits per heavy atom. The summed E-state index contributed by atoms with van der Waals surface area (Å²) in [5.74, 6) is -1.13. The molecular weight excluding hydrogens is 384 g/mol. The molecule has 0 radical (unpaired) electrons. The van der Waals surface area contributed by atoms with Gasteiger partial charge in [-0.2, -0.15) is 0 Å². The van der Waals surface area contributed by atoms with Crippen molar-refractivity contribution in [1.82, 2.24) is 5.32 Å². The second-order valence-corrected chi connectivity index (χ2v) is 7.36. The number of amides is 2. The number of aryl methyl sites for hydroxylation is 1. The molecule has 0 aliphatic carbocycles. The van der Waals surface area contributed by atoms with Crippen LogP contribution in [0, 0.1) is 12.8 Å².